The van der Waals surface area contributed by atoms with Gasteiger partial charge in [0.15, 0.2) is 0 Å². The zero-order chi connectivity index (χ0) is 21.3. The van der Waals surface area contributed by atoms with Gasteiger partial charge in [-0.2, -0.15) is 0 Å². The Hall–Kier alpha value is -3.39. The largest absolute Gasteiger partial charge is 0.447 e. The van der Waals surface area contributed by atoms with Crippen LogP contribution in [0.25, 0.3) is 10.4 Å². The zero-order valence-corrected chi connectivity index (χ0v) is 16.2. The Morgan fingerprint density at radius 2 is 1.83 bits per heavy atom. The number of hydrogen-bond acceptors (Lipinski definition) is 6. The average Bonchev–Trinajstić information content (AvgIpc) is 3.12. The molecule has 2 aromatic rings. The molecule has 0 radical (unpaired) electrons. The molecule has 0 bridgehead atoms. The van der Waals surface area contributed by atoms with Crippen LogP contribution in [0.3, 0.4) is 0 Å². The summed E-state index contributed by atoms with van der Waals surface area (Å²) in [7, 11) is 0. The van der Waals surface area contributed by atoms with E-state index in [1.807, 2.05) is 60.7 Å². The number of carbonyl (C=O) groups excluding carboxylic acids is 2. The van der Waals surface area contributed by atoms with Crippen LogP contribution in [0.5, 0.6) is 0 Å². The molecule has 9 nitrogen and oxygen atoms in total. The molecule has 2 amide bonds. The molecule has 1 fully saturated rings. The van der Waals surface area contributed by atoms with Crippen molar-refractivity contribution >= 4 is 12.0 Å². The molecule has 0 aromatic heterocycles. The highest BCUT2D eigenvalue weighted by molar-refractivity contribution is 5.96. The van der Waals surface area contributed by atoms with E-state index >= 15 is 0 Å². The molecule has 1 saturated heterocycles. The van der Waals surface area contributed by atoms with Crippen molar-refractivity contribution in [1.29, 1.82) is 0 Å². The van der Waals surface area contributed by atoms with Crippen LogP contribution in [0, 0.1) is 0 Å². The summed E-state index contributed by atoms with van der Waals surface area (Å²) >= 11 is 0. The normalized spacial score (nSPS) is 17.7. The predicted octanol–water partition coefficient (Wildman–Crippen LogP) is 2.83. The number of cyclic esters (lactones) is 1. The number of ether oxygens (including phenoxy) is 2. The molecule has 1 N–H and O–H groups in total. The molecule has 0 saturated carbocycles. The number of hydrogen-bond donors (Lipinski definition) is 1. The highest BCUT2D eigenvalue weighted by Crippen LogP contribution is 2.20. The summed E-state index contributed by atoms with van der Waals surface area (Å²) in [6.45, 7) is 0.0110. The van der Waals surface area contributed by atoms with E-state index in [-0.39, 0.29) is 19.8 Å². The highest BCUT2D eigenvalue weighted by atomic mass is 16.6. The lowest BCUT2D eigenvalue weighted by Crippen LogP contribution is -2.49. The molecular weight excluding hydrogens is 388 g/mol. The van der Waals surface area contributed by atoms with E-state index < -0.39 is 30.2 Å². The molecule has 156 valence electrons. The van der Waals surface area contributed by atoms with E-state index in [9.17, 15) is 14.7 Å². The maximum absolute atomic E-state index is 13.0. The minimum atomic E-state index is -1.50. The average molecular weight is 410 g/mol. The Labute approximate surface area is 173 Å². The Morgan fingerprint density at radius 1 is 1.20 bits per heavy atom. The van der Waals surface area contributed by atoms with Gasteiger partial charge in [0.25, 0.3) is 0 Å². The van der Waals surface area contributed by atoms with Gasteiger partial charge in [-0.25, -0.2) is 9.69 Å². The van der Waals surface area contributed by atoms with Crippen molar-refractivity contribution < 1.29 is 24.2 Å². The SMILES string of the molecule is [N-]=[N+]=N[C@@H](C(=O)N1C(=O)OC[C@@H]1Cc1ccccc1)[C@H](O)COCc1ccccc1. The second kappa shape index (κ2) is 10.4. The van der Waals surface area contributed by atoms with Crippen LogP contribution < -0.4 is 0 Å². The van der Waals surface area contributed by atoms with E-state index in [1.54, 1.807) is 0 Å². The molecule has 3 rings (SSSR count). The van der Waals surface area contributed by atoms with Gasteiger partial charge in [0.05, 0.1) is 25.4 Å². The number of azide groups is 1. The van der Waals surface area contributed by atoms with Crippen LogP contribution in [-0.2, 0) is 27.3 Å². The van der Waals surface area contributed by atoms with Crippen LogP contribution in [0.4, 0.5) is 4.79 Å². The van der Waals surface area contributed by atoms with Crippen molar-refractivity contribution in [2.75, 3.05) is 13.2 Å². The summed E-state index contributed by atoms with van der Waals surface area (Å²) in [4.78, 5) is 28.7. The number of aliphatic hydroxyl groups excluding tert-OH is 1. The molecule has 1 aliphatic heterocycles. The summed E-state index contributed by atoms with van der Waals surface area (Å²) < 4.78 is 10.5. The number of imide groups is 1. The van der Waals surface area contributed by atoms with Crippen molar-refractivity contribution in [3.05, 3.63) is 82.2 Å². The second-order valence-corrected chi connectivity index (χ2v) is 6.85. The van der Waals surface area contributed by atoms with Crippen LogP contribution in [0.1, 0.15) is 11.1 Å². The van der Waals surface area contributed by atoms with Crippen LogP contribution in [0.15, 0.2) is 65.8 Å². The predicted molar refractivity (Wildman–Crippen MR) is 107 cm³/mol. The summed E-state index contributed by atoms with van der Waals surface area (Å²) in [5, 5.41) is 13.8. The van der Waals surface area contributed by atoms with Gasteiger partial charge in [0.2, 0.25) is 5.91 Å². The number of carbonyl (C=O) groups is 2. The Bertz CT molecular complexity index is 902. The number of aliphatic hydroxyl groups is 1. The van der Waals surface area contributed by atoms with Crippen molar-refractivity contribution in [3.63, 3.8) is 0 Å². The third kappa shape index (κ3) is 5.36. The smallest absolute Gasteiger partial charge is 0.416 e. The zero-order valence-electron chi connectivity index (χ0n) is 16.2. The Kier molecular flexibility index (Phi) is 7.40. The highest BCUT2D eigenvalue weighted by Gasteiger charge is 2.42. The van der Waals surface area contributed by atoms with Gasteiger partial charge in [-0.3, -0.25) is 4.79 Å². The van der Waals surface area contributed by atoms with Gasteiger partial charge >= 0.3 is 6.09 Å². The summed E-state index contributed by atoms with van der Waals surface area (Å²) in [5.41, 5.74) is 10.7. The summed E-state index contributed by atoms with van der Waals surface area (Å²) in [6, 6.07) is 16.6. The summed E-state index contributed by atoms with van der Waals surface area (Å²) in [6.07, 6.45) is -1.85. The van der Waals surface area contributed by atoms with Crippen molar-refractivity contribution in [2.24, 2.45) is 5.11 Å². The van der Waals surface area contributed by atoms with Gasteiger partial charge < -0.3 is 14.6 Å². The van der Waals surface area contributed by atoms with Gasteiger partial charge in [-0.05, 0) is 23.1 Å². The Morgan fingerprint density at radius 3 is 2.47 bits per heavy atom. The molecule has 0 aliphatic carbocycles. The number of nitrogens with zero attached hydrogens (tertiary/aromatic N) is 4. The molecular formula is C21H22N4O5. The van der Waals surface area contributed by atoms with Gasteiger partial charge in [0, 0.05) is 4.91 Å². The lowest BCUT2D eigenvalue weighted by Gasteiger charge is -2.25. The number of rotatable bonds is 9. The van der Waals surface area contributed by atoms with E-state index in [1.165, 1.54) is 0 Å². The monoisotopic (exact) mass is 410 g/mol. The topological polar surface area (TPSA) is 125 Å². The van der Waals surface area contributed by atoms with Gasteiger partial charge in [-0.1, -0.05) is 65.8 Å². The quantitative estimate of drug-likeness (QED) is 0.387. The second-order valence-electron chi connectivity index (χ2n) is 6.85. The maximum atomic E-state index is 13.0. The lowest BCUT2D eigenvalue weighted by molar-refractivity contribution is -0.134. The third-order valence-electron chi connectivity index (χ3n) is 4.71. The minimum absolute atomic E-state index is 0.0308. The molecule has 30 heavy (non-hydrogen) atoms. The van der Waals surface area contributed by atoms with E-state index in [2.05, 4.69) is 10.0 Å². The summed E-state index contributed by atoms with van der Waals surface area (Å²) in [5.74, 6) is -0.813. The number of benzene rings is 2. The minimum Gasteiger partial charge on any atom is -0.447 e. The van der Waals surface area contributed by atoms with Gasteiger partial charge in [-0.15, -0.1) is 0 Å². The van der Waals surface area contributed by atoms with E-state index in [4.69, 9.17) is 15.0 Å². The van der Waals surface area contributed by atoms with Crippen molar-refractivity contribution in [1.82, 2.24) is 4.90 Å². The van der Waals surface area contributed by atoms with Gasteiger partial charge in [0.1, 0.15) is 12.6 Å². The Balaban J connectivity index is 1.66. The first kappa shape index (κ1) is 21.3. The van der Waals surface area contributed by atoms with E-state index in [0.29, 0.717) is 6.42 Å². The maximum Gasteiger partial charge on any atom is 0.416 e. The fourth-order valence-electron chi connectivity index (χ4n) is 3.22. The fourth-order valence-corrected chi connectivity index (χ4v) is 3.22. The third-order valence-corrected chi connectivity index (χ3v) is 4.71. The standard InChI is InChI=1S/C21H22N4O5/c22-24-23-19(18(26)14-29-12-16-9-5-2-6-10-16)20(27)25-17(13-30-21(25)28)11-15-7-3-1-4-8-15/h1-10,17-19,26H,11-14H2/t17-,18+,19+/m0/s1. The van der Waals surface area contributed by atoms with Crippen LogP contribution in [-0.4, -0.2) is 53.4 Å². The first-order valence-electron chi connectivity index (χ1n) is 9.48. The van der Waals surface area contributed by atoms with Crippen molar-refractivity contribution in [2.45, 2.75) is 31.2 Å². The first-order chi connectivity index (χ1) is 14.6. The molecule has 0 spiro atoms. The molecule has 3 atom stereocenters. The lowest BCUT2D eigenvalue weighted by atomic mass is 10.0. The fraction of sp³-hybridized carbons (Fsp3) is 0.333. The van der Waals surface area contributed by atoms with E-state index in [0.717, 1.165) is 16.0 Å². The molecule has 2 aromatic carbocycles. The van der Waals surface area contributed by atoms with Crippen molar-refractivity contribution in [3.8, 4) is 0 Å². The molecule has 1 heterocycles. The molecule has 1 aliphatic rings. The molecule has 9 heteroatoms. The van der Waals surface area contributed by atoms with Crippen LogP contribution in [0.2, 0.25) is 0 Å². The number of amides is 2. The molecule has 0 unspecified atom stereocenters. The first-order valence-corrected chi connectivity index (χ1v) is 9.48. The van der Waals surface area contributed by atoms with Crippen LogP contribution >= 0.6 is 0 Å².